The molecule has 0 bridgehead atoms. The van der Waals surface area contributed by atoms with Crippen LogP contribution in [0.4, 0.5) is 4.39 Å². The number of methoxy groups -OCH3 is 1. The monoisotopic (exact) mass is 488 g/mol. The van der Waals surface area contributed by atoms with Crippen LogP contribution >= 0.6 is 15.9 Å². The molecule has 0 fully saturated rings. The normalized spacial score (nSPS) is 11.0. The quantitative estimate of drug-likeness (QED) is 0.381. The second-order valence-corrected chi connectivity index (χ2v) is 7.52. The van der Waals surface area contributed by atoms with Crippen LogP contribution in [-0.4, -0.2) is 29.0 Å². The lowest BCUT2D eigenvalue weighted by Crippen LogP contribution is -2.24. The van der Waals surface area contributed by atoms with Gasteiger partial charge in [0.2, 0.25) is 0 Å². The molecule has 7 nitrogen and oxygen atoms in total. The van der Waals surface area contributed by atoms with E-state index in [9.17, 15) is 9.18 Å². The number of hydrogen-bond acceptors (Lipinski definition) is 5. The Hall–Kier alpha value is -3.20. The van der Waals surface area contributed by atoms with E-state index in [2.05, 4.69) is 31.6 Å². The Balaban J connectivity index is 1.60. The number of carbonyl (C=O) groups is 1. The summed E-state index contributed by atoms with van der Waals surface area (Å²) >= 11 is 3.43. The van der Waals surface area contributed by atoms with Crippen LogP contribution in [0.2, 0.25) is 0 Å². The van der Waals surface area contributed by atoms with Gasteiger partial charge in [-0.25, -0.2) is 9.82 Å². The molecule has 162 valence electrons. The summed E-state index contributed by atoms with van der Waals surface area (Å²) in [6, 6.07) is 11.6. The predicted molar refractivity (Wildman–Crippen MR) is 119 cm³/mol. The largest absolute Gasteiger partial charge is 0.493 e. The molecule has 1 heterocycles. The number of amides is 1. The number of hydrogen-bond donors (Lipinski definition) is 1. The van der Waals surface area contributed by atoms with Crippen LogP contribution in [0.1, 0.15) is 22.5 Å². The molecule has 1 N–H and O–H groups in total. The Labute approximate surface area is 188 Å². The van der Waals surface area contributed by atoms with Gasteiger partial charge in [0.05, 0.1) is 29.2 Å². The SMILES string of the molecule is COc1cc(/C=N/NC(=O)Cn2nc(C)c(Br)c2C)ccc1OCc1ccccc1F. The van der Waals surface area contributed by atoms with E-state index in [4.69, 9.17) is 9.47 Å². The number of halogens is 2. The van der Waals surface area contributed by atoms with Crippen molar-refractivity contribution in [3.63, 3.8) is 0 Å². The third-order valence-corrected chi connectivity index (χ3v) is 5.67. The van der Waals surface area contributed by atoms with Crippen molar-refractivity contribution in [3.05, 3.63) is 75.3 Å². The Morgan fingerprint density at radius 1 is 1.26 bits per heavy atom. The van der Waals surface area contributed by atoms with Crippen LogP contribution in [0.15, 0.2) is 52.0 Å². The van der Waals surface area contributed by atoms with Gasteiger partial charge in [-0.05, 0) is 59.6 Å². The molecule has 0 saturated carbocycles. The predicted octanol–water partition coefficient (Wildman–Crippen LogP) is 4.14. The Morgan fingerprint density at radius 3 is 2.71 bits per heavy atom. The van der Waals surface area contributed by atoms with Gasteiger partial charge in [0.1, 0.15) is 19.0 Å². The third-order valence-electron chi connectivity index (χ3n) is 4.52. The highest BCUT2D eigenvalue weighted by atomic mass is 79.9. The lowest BCUT2D eigenvalue weighted by molar-refractivity contribution is -0.121. The molecule has 0 aliphatic carbocycles. The minimum absolute atomic E-state index is 0.0573. The van der Waals surface area contributed by atoms with Crippen molar-refractivity contribution in [2.75, 3.05) is 7.11 Å². The van der Waals surface area contributed by atoms with Gasteiger partial charge >= 0.3 is 0 Å². The smallest absolute Gasteiger partial charge is 0.261 e. The van der Waals surface area contributed by atoms with E-state index in [-0.39, 0.29) is 24.9 Å². The van der Waals surface area contributed by atoms with Gasteiger partial charge in [0.25, 0.3) is 5.91 Å². The molecule has 3 aromatic rings. The van der Waals surface area contributed by atoms with Crippen molar-refractivity contribution < 1.29 is 18.7 Å². The molecule has 0 atom stereocenters. The standard InChI is InChI=1S/C22H22BrFN4O3/c1-14-22(23)15(2)28(27-14)12-21(29)26-25-11-16-8-9-19(20(10-16)30-3)31-13-17-6-4-5-7-18(17)24/h4-11H,12-13H2,1-3H3,(H,26,29)/b25-11+. The van der Waals surface area contributed by atoms with Crippen LogP contribution in [0.3, 0.4) is 0 Å². The zero-order valence-electron chi connectivity index (χ0n) is 17.4. The zero-order valence-corrected chi connectivity index (χ0v) is 18.9. The molecule has 0 radical (unpaired) electrons. The molecule has 3 rings (SSSR count). The number of benzene rings is 2. The van der Waals surface area contributed by atoms with Crippen LogP contribution in [-0.2, 0) is 17.9 Å². The highest BCUT2D eigenvalue weighted by Crippen LogP contribution is 2.28. The first kappa shape index (κ1) is 22.5. The topological polar surface area (TPSA) is 77.7 Å². The lowest BCUT2D eigenvalue weighted by atomic mass is 10.2. The summed E-state index contributed by atoms with van der Waals surface area (Å²) in [7, 11) is 1.51. The Bertz CT molecular complexity index is 1110. The van der Waals surface area contributed by atoms with Crippen molar-refractivity contribution in [2.45, 2.75) is 27.0 Å². The van der Waals surface area contributed by atoms with E-state index in [0.717, 1.165) is 15.9 Å². The number of nitrogens with zero attached hydrogens (tertiary/aromatic N) is 3. The fourth-order valence-corrected chi connectivity index (χ4v) is 3.12. The molecule has 2 aromatic carbocycles. The molecule has 31 heavy (non-hydrogen) atoms. The minimum atomic E-state index is -0.325. The number of ether oxygens (including phenoxy) is 2. The number of carbonyl (C=O) groups excluding carboxylic acids is 1. The average molecular weight is 489 g/mol. The summed E-state index contributed by atoms with van der Waals surface area (Å²) in [5, 5.41) is 8.28. The van der Waals surface area contributed by atoms with E-state index in [1.54, 1.807) is 41.1 Å². The van der Waals surface area contributed by atoms with E-state index >= 15 is 0 Å². The summed E-state index contributed by atoms with van der Waals surface area (Å²) in [6.45, 7) is 3.88. The first-order valence-electron chi connectivity index (χ1n) is 9.44. The zero-order chi connectivity index (χ0) is 22.4. The maximum absolute atomic E-state index is 13.8. The molecule has 1 amide bonds. The summed E-state index contributed by atoms with van der Waals surface area (Å²) in [4.78, 5) is 12.1. The van der Waals surface area contributed by atoms with E-state index in [1.165, 1.54) is 19.4 Å². The van der Waals surface area contributed by atoms with Gasteiger partial charge in [-0.2, -0.15) is 10.2 Å². The highest BCUT2D eigenvalue weighted by Gasteiger charge is 2.11. The molecule has 0 saturated heterocycles. The Kier molecular flexibility index (Phi) is 7.41. The molecule has 0 unspecified atom stereocenters. The van der Waals surface area contributed by atoms with E-state index in [0.29, 0.717) is 22.6 Å². The average Bonchev–Trinajstić information content (AvgIpc) is 3.00. The fourth-order valence-electron chi connectivity index (χ4n) is 2.83. The summed E-state index contributed by atoms with van der Waals surface area (Å²) in [5.74, 6) is 0.320. The number of rotatable bonds is 8. The Morgan fingerprint density at radius 2 is 2.03 bits per heavy atom. The van der Waals surface area contributed by atoms with Crippen LogP contribution in [0, 0.1) is 19.7 Å². The minimum Gasteiger partial charge on any atom is -0.493 e. The van der Waals surface area contributed by atoms with Crippen LogP contribution < -0.4 is 14.9 Å². The molecule has 0 aliphatic rings. The maximum atomic E-state index is 13.8. The summed E-state index contributed by atoms with van der Waals surface area (Å²) in [6.07, 6.45) is 1.50. The molecular formula is C22H22BrFN4O3. The number of nitrogens with one attached hydrogen (secondary N) is 1. The van der Waals surface area contributed by atoms with E-state index in [1.807, 2.05) is 13.8 Å². The fraction of sp³-hybridized carbons (Fsp3) is 0.227. The number of hydrazone groups is 1. The van der Waals surface area contributed by atoms with Crippen LogP contribution in [0.5, 0.6) is 11.5 Å². The molecular weight excluding hydrogens is 467 g/mol. The maximum Gasteiger partial charge on any atom is 0.261 e. The summed E-state index contributed by atoms with van der Waals surface area (Å²) < 4.78 is 27.3. The molecule has 0 aliphatic heterocycles. The highest BCUT2D eigenvalue weighted by molar-refractivity contribution is 9.10. The summed E-state index contributed by atoms with van der Waals surface area (Å²) in [5.41, 5.74) is 5.32. The first-order chi connectivity index (χ1) is 14.9. The van der Waals surface area contributed by atoms with Gasteiger partial charge in [-0.1, -0.05) is 18.2 Å². The van der Waals surface area contributed by atoms with Crippen molar-refractivity contribution >= 4 is 28.1 Å². The second kappa shape index (κ2) is 10.2. The van der Waals surface area contributed by atoms with Gasteiger partial charge in [0.15, 0.2) is 11.5 Å². The van der Waals surface area contributed by atoms with Crippen molar-refractivity contribution in [1.29, 1.82) is 0 Å². The van der Waals surface area contributed by atoms with Gasteiger partial charge in [-0.15, -0.1) is 0 Å². The van der Waals surface area contributed by atoms with Crippen molar-refractivity contribution in [3.8, 4) is 11.5 Å². The van der Waals surface area contributed by atoms with Crippen molar-refractivity contribution in [2.24, 2.45) is 5.10 Å². The van der Waals surface area contributed by atoms with Gasteiger partial charge in [-0.3, -0.25) is 9.48 Å². The van der Waals surface area contributed by atoms with E-state index < -0.39 is 0 Å². The molecule has 1 aromatic heterocycles. The number of aromatic nitrogens is 2. The van der Waals surface area contributed by atoms with Gasteiger partial charge in [0, 0.05) is 5.56 Å². The number of aryl methyl sites for hydroxylation is 1. The second-order valence-electron chi connectivity index (χ2n) is 6.73. The molecule has 0 spiro atoms. The first-order valence-corrected chi connectivity index (χ1v) is 10.2. The third kappa shape index (κ3) is 5.69. The molecule has 9 heteroatoms. The van der Waals surface area contributed by atoms with Crippen LogP contribution in [0.25, 0.3) is 0 Å². The lowest BCUT2D eigenvalue weighted by Gasteiger charge is -2.11. The van der Waals surface area contributed by atoms with Gasteiger partial charge < -0.3 is 9.47 Å². The van der Waals surface area contributed by atoms with Crippen molar-refractivity contribution in [1.82, 2.24) is 15.2 Å².